The van der Waals surface area contributed by atoms with Gasteiger partial charge in [-0.05, 0) is 6.42 Å². The van der Waals surface area contributed by atoms with E-state index in [0.29, 0.717) is 0 Å². The summed E-state index contributed by atoms with van der Waals surface area (Å²) in [6.07, 6.45) is -12.0. The van der Waals surface area contributed by atoms with Gasteiger partial charge in [0, 0.05) is 13.2 Å². The van der Waals surface area contributed by atoms with Crippen LogP contribution in [-0.4, -0.2) is 55.7 Å². The lowest BCUT2D eigenvalue weighted by atomic mass is 10.3. The van der Waals surface area contributed by atoms with Crippen molar-refractivity contribution < 1.29 is 54.1 Å². The summed E-state index contributed by atoms with van der Waals surface area (Å²) < 4.78 is 118. The van der Waals surface area contributed by atoms with Crippen LogP contribution in [0.15, 0.2) is 0 Å². The molecule has 0 atom stereocenters. The zero-order chi connectivity index (χ0) is 16.9. The first kappa shape index (κ1) is 20.2. The fourth-order valence-corrected chi connectivity index (χ4v) is 0.820. The Labute approximate surface area is 112 Å². The van der Waals surface area contributed by atoms with Gasteiger partial charge in [-0.2, -0.15) is 39.5 Å². The third-order valence-corrected chi connectivity index (χ3v) is 2.01. The van der Waals surface area contributed by atoms with Gasteiger partial charge in [0.25, 0.3) is 0 Å². The smallest absolute Gasteiger partial charge is 0.396 e. The second kappa shape index (κ2) is 7.01. The average molecular weight is 338 g/mol. The summed E-state index contributed by atoms with van der Waals surface area (Å²) in [4.78, 5) is 0. The fourth-order valence-electron chi connectivity index (χ4n) is 0.820. The van der Waals surface area contributed by atoms with Crippen LogP contribution in [0.25, 0.3) is 0 Å². The molecule has 0 aromatic carbocycles. The van der Waals surface area contributed by atoms with Gasteiger partial charge in [-0.15, -0.1) is 0 Å². The van der Waals surface area contributed by atoms with E-state index in [-0.39, 0.29) is 6.42 Å². The molecular weight excluding hydrogens is 327 g/mol. The summed E-state index contributed by atoms with van der Waals surface area (Å²) in [5, 5.41) is 8.28. The predicted molar refractivity (Wildman–Crippen MR) is 49.4 cm³/mol. The van der Waals surface area contributed by atoms with Gasteiger partial charge in [-0.1, -0.05) is 0 Å². The third kappa shape index (κ3) is 5.87. The lowest BCUT2D eigenvalue weighted by Crippen LogP contribution is -2.50. The van der Waals surface area contributed by atoms with Crippen molar-refractivity contribution in [2.24, 2.45) is 0 Å². The molecule has 12 heteroatoms. The van der Waals surface area contributed by atoms with E-state index in [2.05, 4.69) is 9.47 Å². The van der Waals surface area contributed by atoms with Crippen molar-refractivity contribution in [1.29, 1.82) is 0 Å². The molecule has 0 bridgehead atoms. The van der Waals surface area contributed by atoms with Crippen molar-refractivity contribution in [2.75, 3.05) is 26.4 Å². The molecule has 0 saturated heterocycles. The normalized spacial score (nSPS) is 14.6. The van der Waals surface area contributed by atoms with Crippen molar-refractivity contribution >= 4 is 0 Å². The molecule has 0 unspecified atom stereocenters. The second-order valence-electron chi connectivity index (χ2n) is 3.84. The van der Waals surface area contributed by atoms with E-state index in [1.165, 1.54) is 0 Å². The quantitative estimate of drug-likeness (QED) is 0.519. The highest BCUT2D eigenvalue weighted by Crippen LogP contribution is 2.40. The number of hydrogen-bond donors (Lipinski definition) is 1. The van der Waals surface area contributed by atoms with E-state index in [1.54, 1.807) is 0 Å². The highest BCUT2D eigenvalue weighted by molar-refractivity contribution is 4.81. The number of hydrogen-bond acceptors (Lipinski definition) is 3. The van der Waals surface area contributed by atoms with E-state index in [0.717, 1.165) is 0 Å². The summed E-state index contributed by atoms with van der Waals surface area (Å²) in [5.41, 5.74) is 0. The maximum absolute atomic E-state index is 12.9. The lowest BCUT2D eigenvalue weighted by molar-refractivity contribution is -0.385. The van der Waals surface area contributed by atoms with Crippen LogP contribution in [0.2, 0.25) is 0 Å². The molecule has 1 N–H and O–H groups in total. The Morgan fingerprint density at radius 2 is 1.29 bits per heavy atom. The molecule has 0 aromatic rings. The van der Waals surface area contributed by atoms with Crippen molar-refractivity contribution in [3.63, 3.8) is 0 Å². The molecule has 3 nitrogen and oxygen atoms in total. The van der Waals surface area contributed by atoms with Gasteiger partial charge >= 0.3 is 24.1 Å². The van der Waals surface area contributed by atoms with E-state index < -0.39 is 50.6 Å². The number of ether oxygens (including phenoxy) is 2. The van der Waals surface area contributed by atoms with Crippen LogP contribution in [0.3, 0.4) is 0 Å². The summed E-state index contributed by atoms with van der Waals surface area (Å²) in [7, 11) is 0. The minimum Gasteiger partial charge on any atom is -0.396 e. The number of aliphatic hydroxyl groups is 1. The van der Waals surface area contributed by atoms with Gasteiger partial charge in [-0.25, -0.2) is 0 Å². The molecule has 0 aromatic heterocycles. The summed E-state index contributed by atoms with van der Waals surface area (Å²) in [6, 6.07) is 0. The summed E-state index contributed by atoms with van der Waals surface area (Å²) >= 11 is 0. The molecule has 0 radical (unpaired) electrons. The predicted octanol–water partition coefficient (Wildman–Crippen LogP) is 2.83. The van der Waals surface area contributed by atoms with Crippen molar-refractivity contribution in [2.45, 2.75) is 30.6 Å². The Hall–Kier alpha value is -0.750. The molecule has 128 valence electrons. The van der Waals surface area contributed by atoms with Crippen LogP contribution in [0.1, 0.15) is 6.42 Å². The van der Waals surface area contributed by atoms with Gasteiger partial charge in [0.2, 0.25) is 0 Å². The molecule has 0 spiro atoms. The molecule has 0 aliphatic rings. The van der Waals surface area contributed by atoms with Gasteiger partial charge in [0.1, 0.15) is 13.2 Å². The van der Waals surface area contributed by atoms with Crippen molar-refractivity contribution in [3.8, 4) is 0 Å². The van der Waals surface area contributed by atoms with E-state index in [4.69, 9.17) is 5.11 Å². The van der Waals surface area contributed by atoms with Crippen LogP contribution in [0.4, 0.5) is 39.5 Å². The Kier molecular flexibility index (Phi) is 6.76. The molecule has 0 saturated carbocycles. The highest BCUT2D eigenvalue weighted by atomic mass is 19.4. The summed E-state index contributed by atoms with van der Waals surface area (Å²) in [5.74, 6) is -10.8. The first-order valence-electron chi connectivity index (χ1n) is 5.29. The zero-order valence-electron chi connectivity index (χ0n) is 10.2. The van der Waals surface area contributed by atoms with E-state index in [1.807, 2.05) is 0 Å². The SMILES string of the molecule is OCCCOCC(F)(F)C(F)(F)OCC(F)(F)C(F)(F)F. The van der Waals surface area contributed by atoms with Gasteiger partial charge < -0.3 is 14.6 Å². The molecule has 0 fully saturated rings. The minimum atomic E-state index is -6.21. The van der Waals surface area contributed by atoms with Crippen molar-refractivity contribution in [3.05, 3.63) is 0 Å². The minimum absolute atomic E-state index is 0.158. The topological polar surface area (TPSA) is 38.7 Å². The molecule has 0 rings (SSSR count). The Morgan fingerprint density at radius 1 is 0.762 bits per heavy atom. The molecule has 0 heterocycles. The lowest BCUT2D eigenvalue weighted by Gasteiger charge is -2.28. The van der Waals surface area contributed by atoms with Crippen LogP contribution < -0.4 is 0 Å². The second-order valence-corrected chi connectivity index (χ2v) is 3.84. The maximum atomic E-state index is 12.9. The number of alkyl halides is 9. The molecular formula is C9H11F9O3. The number of halogens is 9. The van der Waals surface area contributed by atoms with Gasteiger partial charge in [0.15, 0.2) is 0 Å². The van der Waals surface area contributed by atoms with Crippen LogP contribution in [0.5, 0.6) is 0 Å². The summed E-state index contributed by atoms with van der Waals surface area (Å²) in [6.45, 7) is -5.95. The Balaban J connectivity index is 4.58. The zero-order valence-corrected chi connectivity index (χ0v) is 10.2. The molecule has 0 aliphatic heterocycles. The first-order chi connectivity index (χ1) is 9.27. The standard InChI is InChI=1S/C9H11F9O3/c10-6(11,8(14,15)16)5-21-9(17,18)7(12,13)4-20-3-1-2-19/h19H,1-5H2. The Morgan fingerprint density at radius 3 is 1.71 bits per heavy atom. The number of rotatable bonds is 9. The van der Waals surface area contributed by atoms with Gasteiger partial charge in [0.05, 0.1) is 0 Å². The van der Waals surface area contributed by atoms with Crippen molar-refractivity contribution in [1.82, 2.24) is 0 Å². The molecule has 0 aliphatic carbocycles. The van der Waals surface area contributed by atoms with E-state index >= 15 is 0 Å². The Bertz CT molecular complexity index is 316. The monoisotopic (exact) mass is 338 g/mol. The van der Waals surface area contributed by atoms with Gasteiger partial charge in [-0.3, -0.25) is 0 Å². The van der Waals surface area contributed by atoms with Crippen LogP contribution in [0, 0.1) is 0 Å². The third-order valence-electron chi connectivity index (χ3n) is 2.01. The molecule has 0 amide bonds. The number of aliphatic hydroxyl groups excluding tert-OH is 1. The van der Waals surface area contributed by atoms with E-state index in [9.17, 15) is 39.5 Å². The van der Waals surface area contributed by atoms with Crippen LogP contribution in [-0.2, 0) is 9.47 Å². The maximum Gasteiger partial charge on any atom is 0.455 e. The molecule has 21 heavy (non-hydrogen) atoms. The average Bonchev–Trinajstić information content (AvgIpc) is 2.31. The largest absolute Gasteiger partial charge is 0.455 e. The highest BCUT2D eigenvalue weighted by Gasteiger charge is 2.63. The first-order valence-corrected chi connectivity index (χ1v) is 5.29. The fraction of sp³-hybridized carbons (Fsp3) is 1.00. The van der Waals surface area contributed by atoms with Crippen LogP contribution >= 0.6 is 0 Å².